The van der Waals surface area contributed by atoms with Crippen molar-refractivity contribution < 1.29 is 13.2 Å². The lowest BCUT2D eigenvalue weighted by molar-refractivity contribution is -0.137. The van der Waals surface area contributed by atoms with E-state index in [-0.39, 0.29) is 11.7 Å². The lowest BCUT2D eigenvalue weighted by Crippen LogP contribution is -2.46. The third kappa shape index (κ3) is 3.67. The number of nitrogens with one attached hydrogen (secondary N) is 1. The molecule has 1 saturated heterocycles. The lowest BCUT2D eigenvalue weighted by atomic mass is 10.0. The highest BCUT2D eigenvalue weighted by Gasteiger charge is 2.36. The zero-order valence-electron chi connectivity index (χ0n) is 11.3. The van der Waals surface area contributed by atoms with E-state index in [1.807, 2.05) is 11.8 Å². The highest BCUT2D eigenvalue weighted by Crippen LogP contribution is 2.39. The van der Waals surface area contributed by atoms with Crippen LogP contribution in [0.4, 0.5) is 18.9 Å². The SMILES string of the molecule is CCNC1CCCN(c2ccc(Br)cc2C(F)(F)F)C1. The fourth-order valence-electron chi connectivity index (χ4n) is 2.66. The van der Waals surface area contributed by atoms with Crippen LogP contribution in [0.2, 0.25) is 0 Å². The predicted molar refractivity (Wildman–Crippen MR) is 78.1 cm³/mol. The van der Waals surface area contributed by atoms with Crippen LogP contribution in [0.3, 0.4) is 0 Å². The third-order valence-electron chi connectivity index (χ3n) is 3.52. The summed E-state index contributed by atoms with van der Waals surface area (Å²) in [5.74, 6) is 0. The molecule has 1 heterocycles. The molecular formula is C14H18BrF3N2. The topological polar surface area (TPSA) is 15.3 Å². The Bertz CT molecular complexity index is 460. The van der Waals surface area contributed by atoms with Gasteiger partial charge in [-0.3, -0.25) is 0 Å². The summed E-state index contributed by atoms with van der Waals surface area (Å²) in [6.07, 6.45) is -2.41. The summed E-state index contributed by atoms with van der Waals surface area (Å²) in [7, 11) is 0. The van der Waals surface area contributed by atoms with Gasteiger partial charge in [-0.1, -0.05) is 22.9 Å². The van der Waals surface area contributed by atoms with Crippen molar-refractivity contribution in [3.8, 4) is 0 Å². The van der Waals surface area contributed by atoms with Crippen molar-refractivity contribution in [2.24, 2.45) is 0 Å². The van der Waals surface area contributed by atoms with Crippen LogP contribution in [0.15, 0.2) is 22.7 Å². The predicted octanol–water partition coefficient (Wildman–Crippen LogP) is 4.05. The Balaban J connectivity index is 2.27. The highest BCUT2D eigenvalue weighted by atomic mass is 79.9. The first-order chi connectivity index (χ1) is 9.41. The molecule has 1 aromatic carbocycles. The molecule has 1 aliphatic rings. The fraction of sp³-hybridized carbons (Fsp3) is 0.571. The van der Waals surface area contributed by atoms with Crippen LogP contribution >= 0.6 is 15.9 Å². The minimum absolute atomic E-state index is 0.262. The second-order valence-corrected chi connectivity index (χ2v) is 5.92. The first kappa shape index (κ1) is 15.6. The van der Waals surface area contributed by atoms with Gasteiger partial charge in [-0.05, 0) is 37.6 Å². The van der Waals surface area contributed by atoms with Crippen LogP contribution < -0.4 is 10.2 Å². The van der Waals surface area contributed by atoms with Crippen molar-refractivity contribution in [3.05, 3.63) is 28.2 Å². The van der Waals surface area contributed by atoms with E-state index < -0.39 is 11.7 Å². The maximum atomic E-state index is 13.2. The maximum Gasteiger partial charge on any atom is 0.418 e. The Kier molecular flexibility index (Phi) is 4.96. The van der Waals surface area contributed by atoms with E-state index in [4.69, 9.17) is 0 Å². The molecule has 6 heteroatoms. The average molecular weight is 351 g/mol. The number of piperidine rings is 1. The Morgan fingerprint density at radius 3 is 2.80 bits per heavy atom. The van der Waals surface area contributed by atoms with Crippen molar-refractivity contribution in [1.29, 1.82) is 0 Å². The van der Waals surface area contributed by atoms with Crippen LogP contribution in [0.5, 0.6) is 0 Å². The van der Waals surface area contributed by atoms with Crippen LogP contribution in [-0.2, 0) is 6.18 Å². The normalized spacial score (nSPS) is 20.2. The van der Waals surface area contributed by atoms with Gasteiger partial charge in [-0.15, -0.1) is 0 Å². The number of hydrogen-bond donors (Lipinski definition) is 1. The second kappa shape index (κ2) is 6.35. The highest BCUT2D eigenvalue weighted by molar-refractivity contribution is 9.10. The zero-order chi connectivity index (χ0) is 14.8. The van der Waals surface area contributed by atoms with Gasteiger partial charge in [-0.25, -0.2) is 0 Å². The average Bonchev–Trinajstić information content (AvgIpc) is 2.38. The van der Waals surface area contributed by atoms with E-state index >= 15 is 0 Å². The van der Waals surface area contributed by atoms with E-state index in [0.717, 1.165) is 25.5 Å². The fourth-order valence-corrected chi connectivity index (χ4v) is 3.02. The van der Waals surface area contributed by atoms with Gasteiger partial charge in [0.25, 0.3) is 0 Å². The number of nitrogens with zero attached hydrogens (tertiary/aromatic N) is 1. The molecule has 1 unspecified atom stereocenters. The lowest BCUT2D eigenvalue weighted by Gasteiger charge is -2.36. The molecule has 1 aliphatic heterocycles. The Hall–Kier alpha value is -0.750. The number of alkyl halides is 3. The van der Waals surface area contributed by atoms with Crippen LogP contribution in [0.25, 0.3) is 0 Å². The van der Waals surface area contributed by atoms with E-state index in [0.29, 0.717) is 17.6 Å². The van der Waals surface area contributed by atoms with Crippen LogP contribution in [0.1, 0.15) is 25.3 Å². The van der Waals surface area contributed by atoms with Gasteiger partial charge in [0.15, 0.2) is 0 Å². The Morgan fingerprint density at radius 2 is 2.15 bits per heavy atom. The minimum atomic E-state index is -4.33. The van der Waals surface area contributed by atoms with Crippen molar-refractivity contribution in [1.82, 2.24) is 5.32 Å². The molecule has 0 aliphatic carbocycles. The van der Waals surface area contributed by atoms with E-state index in [2.05, 4.69) is 21.2 Å². The van der Waals surface area contributed by atoms with E-state index in [9.17, 15) is 13.2 Å². The van der Waals surface area contributed by atoms with Crippen molar-refractivity contribution in [3.63, 3.8) is 0 Å². The molecule has 1 aromatic rings. The summed E-state index contributed by atoms with van der Waals surface area (Å²) in [5, 5.41) is 3.32. The molecule has 0 aromatic heterocycles. The summed E-state index contributed by atoms with van der Waals surface area (Å²) in [6.45, 7) is 4.15. The molecule has 0 spiro atoms. The number of halogens is 4. The van der Waals surface area contributed by atoms with E-state index in [1.54, 1.807) is 12.1 Å². The quantitative estimate of drug-likeness (QED) is 0.884. The molecule has 20 heavy (non-hydrogen) atoms. The molecule has 0 bridgehead atoms. The molecule has 0 radical (unpaired) electrons. The van der Waals surface area contributed by atoms with Crippen molar-refractivity contribution in [2.45, 2.75) is 32.0 Å². The summed E-state index contributed by atoms with van der Waals surface area (Å²) < 4.78 is 39.9. The number of hydrogen-bond acceptors (Lipinski definition) is 2. The summed E-state index contributed by atoms with van der Waals surface area (Å²) >= 11 is 3.12. The van der Waals surface area contributed by atoms with Gasteiger partial charge in [-0.2, -0.15) is 13.2 Å². The van der Waals surface area contributed by atoms with Crippen molar-refractivity contribution in [2.75, 3.05) is 24.5 Å². The molecule has 1 fully saturated rings. The van der Waals surface area contributed by atoms with Crippen LogP contribution in [-0.4, -0.2) is 25.7 Å². The molecule has 1 atom stereocenters. The summed E-state index contributed by atoms with van der Waals surface area (Å²) in [4.78, 5) is 1.84. The molecule has 2 rings (SSSR count). The smallest absolute Gasteiger partial charge is 0.369 e. The number of likely N-dealkylation sites (N-methyl/N-ethyl adjacent to an activating group) is 1. The largest absolute Gasteiger partial charge is 0.418 e. The summed E-state index contributed by atoms with van der Waals surface area (Å²) in [6, 6.07) is 4.65. The first-order valence-corrected chi connectivity index (χ1v) is 7.56. The molecule has 0 saturated carbocycles. The Labute approximate surface area is 125 Å². The third-order valence-corrected chi connectivity index (χ3v) is 4.01. The standard InChI is InChI=1S/C14H18BrF3N2/c1-2-19-11-4-3-7-20(9-11)13-6-5-10(15)8-12(13)14(16,17)18/h5-6,8,11,19H,2-4,7,9H2,1H3. The molecule has 112 valence electrons. The maximum absolute atomic E-state index is 13.2. The molecule has 2 nitrogen and oxygen atoms in total. The van der Waals surface area contributed by atoms with Crippen LogP contribution in [0, 0.1) is 0 Å². The van der Waals surface area contributed by atoms with Gasteiger partial charge in [0.1, 0.15) is 0 Å². The molecular weight excluding hydrogens is 333 g/mol. The minimum Gasteiger partial charge on any atom is -0.369 e. The molecule has 1 N–H and O–H groups in total. The first-order valence-electron chi connectivity index (χ1n) is 6.77. The summed E-state index contributed by atoms with van der Waals surface area (Å²) in [5.41, 5.74) is -0.285. The number of anilines is 1. The van der Waals surface area contributed by atoms with Gasteiger partial charge in [0.05, 0.1) is 5.56 Å². The van der Waals surface area contributed by atoms with Gasteiger partial charge < -0.3 is 10.2 Å². The van der Waals surface area contributed by atoms with Crippen molar-refractivity contribution >= 4 is 21.6 Å². The number of rotatable bonds is 3. The van der Waals surface area contributed by atoms with Gasteiger partial charge >= 0.3 is 6.18 Å². The molecule has 0 amide bonds. The van der Waals surface area contributed by atoms with E-state index in [1.165, 1.54) is 0 Å². The Morgan fingerprint density at radius 1 is 1.40 bits per heavy atom. The number of benzene rings is 1. The van der Waals surface area contributed by atoms with Gasteiger partial charge in [0, 0.05) is 29.3 Å². The second-order valence-electron chi connectivity index (χ2n) is 5.00. The zero-order valence-corrected chi connectivity index (χ0v) is 12.9. The monoisotopic (exact) mass is 350 g/mol. The van der Waals surface area contributed by atoms with Gasteiger partial charge in [0.2, 0.25) is 0 Å².